The molecule has 4 nitrogen and oxygen atoms in total. The van der Waals surface area contributed by atoms with E-state index < -0.39 is 0 Å². The lowest BCUT2D eigenvalue weighted by Crippen LogP contribution is -2.17. The van der Waals surface area contributed by atoms with Crippen LogP contribution in [0, 0.1) is 0 Å². The van der Waals surface area contributed by atoms with E-state index in [4.69, 9.17) is 0 Å². The Balaban J connectivity index is 0.000000123. The summed E-state index contributed by atoms with van der Waals surface area (Å²) < 4.78 is 6.38. The fraction of sp³-hybridized carbons (Fsp3) is 0.500. The second kappa shape index (κ2) is 2.97. The van der Waals surface area contributed by atoms with Crippen LogP contribution < -0.4 is 0 Å². The largest absolute Gasteiger partial charge is 0.462 e. The summed E-state index contributed by atoms with van der Waals surface area (Å²) in [5.74, 6) is 1.13. The first-order valence-electron chi connectivity index (χ1n) is 3.70. The molecule has 2 aliphatic rings. The molecule has 0 bridgehead atoms. The van der Waals surface area contributed by atoms with Gasteiger partial charge in [-0.25, -0.2) is 4.68 Å². The zero-order valence-corrected chi connectivity index (χ0v) is 7.44. The number of hydrogen-bond acceptors (Lipinski definition) is 3. The first-order valence-corrected chi connectivity index (χ1v) is 3.70. The second-order valence-electron chi connectivity index (χ2n) is 3.44. The normalized spacial score (nSPS) is 11.2. The van der Waals surface area contributed by atoms with Crippen LogP contribution in [0.5, 0.6) is 0 Å². The van der Waals surface area contributed by atoms with Crippen LogP contribution in [0.15, 0.2) is 12.3 Å². The quantitative estimate of drug-likeness (QED) is 0.600. The molecule has 0 aromatic carbocycles. The van der Waals surface area contributed by atoms with E-state index in [2.05, 4.69) is 9.84 Å². The van der Waals surface area contributed by atoms with Crippen LogP contribution in [-0.2, 0) is 9.53 Å². The highest BCUT2D eigenvalue weighted by atomic mass is 16.5. The van der Waals surface area contributed by atoms with E-state index in [0.29, 0.717) is 6.47 Å². The van der Waals surface area contributed by atoms with Gasteiger partial charge in [0.15, 0.2) is 5.82 Å². The monoisotopic (exact) mass is 168 g/mol. The van der Waals surface area contributed by atoms with E-state index in [-0.39, 0.29) is 5.60 Å². The molecule has 0 atom stereocenters. The number of ether oxygens (including phenoxy) is 1. The highest BCUT2D eigenvalue weighted by Crippen LogP contribution is 2.13. The van der Waals surface area contributed by atoms with Gasteiger partial charge in [-0.15, -0.1) is 5.10 Å². The Morgan fingerprint density at radius 2 is 2.17 bits per heavy atom. The molecule has 4 heteroatoms. The van der Waals surface area contributed by atoms with Gasteiger partial charge in [-0.1, -0.05) is 0 Å². The zero-order valence-electron chi connectivity index (χ0n) is 7.44. The van der Waals surface area contributed by atoms with Crippen molar-refractivity contribution in [3.05, 3.63) is 12.3 Å². The minimum atomic E-state index is -0.318. The van der Waals surface area contributed by atoms with Crippen LogP contribution in [0.3, 0.4) is 0 Å². The van der Waals surface area contributed by atoms with E-state index in [1.54, 1.807) is 0 Å². The lowest BCUT2D eigenvalue weighted by molar-refractivity contribution is -0.138. The molecule has 2 rings (SSSR count). The van der Waals surface area contributed by atoms with Crippen molar-refractivity contribution in [1.29, 1.82) is 0 Å². The van der Waals surface area contributed by atoms with Gasteiger partial charge in [0.25, 0.3) is 6.47 Å². The third-order valence-corrected chi connectivity index (χ3v) is 1.17. The predicted molar refractivity (Wildman–Crippen MR) is 44.0 cm³/mol. The van der Waals surface area contributed by atoms with Crippen molar-refractivity contribution >= 4 is 6.47 Å². The molecule has 66 valence electrons. The van der Waals surface area contributed by atoms with Gasteiger partial charge < -0.3 is 4.74 Å². The summed E-state index contributed by atoms with van der Waals surface area (Å²) in [6, 6.07) is 1.97. The van der Waals surface area contributed by atoms with Crippen molar-refractivity contribution in [3.8, 4) is 5.82 Å². The lowest BCUT2D eigenvalue weighted by Gasteiger charge is -2.14. The molecule has 0 radical (unpaired) electrons. The average molecular weight is 168 g/mol. The van der Waals surface area contributed by atoms with Crippen molar-refractivity contribution in [2.75, 3.05) is 0 Å². The standard InChI is InChI=1S/C5H10O2.C3H2N2/c1-5(2,3)7-4-6;1-2-5-3(1)4-5/h4H,1-3H3;1-2H. The van der Waals surface area contributed by atoms with Crippen LogP contribution in [0.1, 0.15) is 20.8 Å². The molecule has 0 saturated heterocycles. The van der Waals surface area contributed by atoms with Crippen LogP contribution >= 0.6 is 0 Å². The van der Waals surface area contributed by atoms with Gasteiger partial charge >= 0.3 is 0 Å². The Morgan fingerprint density at radius 1 is 1.58 bits per heavy atom. The summed E-state index contributed by atoms with van der Waals surface area (Å²) in [7, 11) is 0. The Bertz CT molecular complexity index is 249. The molecular weight excluding hydrogens is 156 g/mol. The molecule has 0 fully saturated rings. The van der Waals surface area contributed by atoms with Crippen molar-refractivity contribution in [2.45, 2.75) is 26.4 Å². The zero-order chi connectivity index (χ0) is 9.19. The summed E-state index contributed by atoms with van der Waals surface area (Å²) in [5, 5.41) is 3.81. The molecule has 0 aliphatic carbocycles. The Labute approximate surface area is 71.1 Å². The fourth-order valence-electron chi connectivity index (χ4n) is 0.507. The van der Waals surface area contributed by atoms with Crippen molar-refractivity contribution < 1.29 is 9.53 Å². The smallest absolute Gasteiger partial charge is 0.293 e. The number of aromatic nitrogens is 2. The van der Waals surface area contributed by atoms with E-state index in [0.717, 1.165) is 5.82 Å². The minimum absolute atomic E-state index is 0.318. The first-order chi connectivity index (χ1) is 5.53. The van der Waals surface area contributed by atoms with E-state index in [9.17, 15) is 4.79 Å². The topological polar surface area (TPSA) is 44.1 Å². The molecule has 2 aliphatic heterocycles. The van der Waals surface area contributed by atoms with E-state index >= 15 is 0 Å². The molecule has 0 saturated carbocycles. The summed E-state index contributed by atoms with van der Waals surface area (Å²) in [5.41, 5.74) is -0.318. The maximum atomic E-state index is 9.60. The third-order valence-electron chi connectivity index (χ3n) is 1.17. The van der Waals surface area contributed by atoms with Gasteiger partial charge in [0.2, 0.25) is 0 Å². The third kappa shape index (κ3) is 2.74. The summed E-state index contributed by atoms with van der Waals surface area (Å²) >= 11 is 0. The van der Waals surface area contributed by atoms with Gasteiger partial charge in [0.05, 0.1) is 0 Å². The molecule has 0 aromatic rings. The van der Waals surface area contributed by atoms with Crippen LogP contribution in [0.2, 0.25) is 0 Å². The van der Waals surface area contributed by atoms with Crippen LogP contribution in [-0.4, -0.2) is 21.9 Å². The predicted octanol–water partition coefficient (Wildman–Crippen LogP) is 1.14. The van der Waals surface area contributed by atoms with Crippen LogP contribution in [0.25, 0.3) is 5.82 Å². The lowest BCUT2D eigenvalue weighted by atomic mass is 10.2. The second-order valence-corrected chi connectivity index (χ2v) is 3.44. The van der Waals surface area contributed by atoms with E-state index in [1.807, 2.05) is 37.7 Å². The molecule has 0 aromatic heterocycles. The van der Waals surface area contributed by atoms with Gasteiger partial charge in [0, 0.05) is 12.3 Å². The number of carbonyl (C=O) groups is 1. The highest BCUT2D eigenvalue weighted by molar-refractivity contribution is 5.37. The molecule has 0 amide bonds. The number of carbonyl (C=O) groups excluding carboxylic acids is 1. The van der Waals surface area contributed by atoms with Crippen molar-refractivity contribution in [3.63, 3.8) is 0 Å². The van der Waals surface area contributed by atoms with Gasteiger partial charge in [0.1, 0.15) is 5.60 Å². The number of fused-ring (bicyclic) bond motifs is 1. The van der Waals surface area contributed by atoms with Crippen molar-refractivity contribution in [1.82, 2.24) is 9.78 Å². The molecule has 12 heavy (non-hydrogen) atoms. The highest BCUT2D eigenvalue weighted by Gasteiger charge is 2.11. The number of hydrogen-bond donors (Lipinski definition) is 0. The van der Waals surface area contributed by atoms with Gasteiger partial charge in [-0.3, -0.25) is 4.79 Å². The summed E-state index contributed by atoms with van der Waals surface area (Å²) in [6.45, 7) is 5.92. The van der Waals surface area contributed by atoms with Gasteiger partial charge in [-0.2, -0.15) is 0 Å². The first kappa shape index (κ1) is 8.77. The molecule has 0 unspecified atom stereocenters. The van der Waals surface area contributed by atoms with E-state index in [1.165, 1.54) is 0 Å². The maximum Gasteiger partial charge on any atom is 0.293 e. The number of nitrogens with zero attached hydrogens (tertiary/aromatic N) is 2. The number of rotatable bonds is 1. The fourth-order valence-corrected chi connectivity index (χ4v) is 0.507. The molecule has 2 heterocycles. The minimum Gasteiger partial charge on any atom is -0.462 e. The summed E-state index contributed by atoms with van der Waals surface area (Å²) in [6.07, 6.45) is 1.93. The Kier molecular flexibility index (Phi) is 2.17. The average Bonchev–Trinajstić information content (AvgIpc) is 2.37. The summed E-state index contributed by atoms with van der Waals surface area (Å²) in [4.78, 5) is 9.60. The SMILES string of the molecule is CC(C)(C)OC=O.c1cn2nc1-2. The maximum absolute atomic E-state index is 9.60. The molecular formula is C8H12N2O2. The van der Waals surface area contributed by atoms with Crippen molar-refractivity contribution in [2.24, 2.45) is 0 Å². The Morgan fingerprint density at radius 3 is 2.17 bits per heavy atom. The molecule has 0 spiro atoms. The molecule has 0 N–H and O–H groups in total. The Hall–Kier alpha value is -1.32. The van der Waals surface area contributed by atoms with Gasteiger partial charge in [-0.05, 0) is 20.8 Å². The van der Waals surface area contributed by atoms with Crippen LogP contribution in [0.4, 0.5) is 0 Å².